The maximum Gasteiger partial charge on any atom is 0.258 e. The Morgan fingerprint density at radius 3 is 1.17 bits per heavy atom. The van der Waals surface area contributed by atoms with Gasteiger partial charge >= 0.3 is 0 Å². The van der Waals surface area contributed by atoms with Crippen LogP contribution < -0.4 is 19.3 Å². The Bertz CT molecular complexity index is 2010. The van der Waals surface area contributed by atoms with Gasteiger partial charge in [0.15, 0.2) is 0 Å². The molecule has 276 valence electrons. The van der Waals surface area contributed by atoms with Gasteiger partial charge in [-0.05, 0) is 95.5 Å². The van der Waals surface area contributed by atoms with Crippen LogP contribution >= 0.6 is 0 Å². The highest BCUT2D eigenvalue weighted by molar-refractivity contribution is 6.28. The molecule has 0 spiro atoms. The van der Waals surface area contributed by atoms with Crippen molar-refractivity contribution in [3.05, 3.63) is 131 Å². The monoisotopic (exact) mass is 722 g/mol. The zero-order chi connectivity index (χ0) is 38.4. The quantitative estimate of drug-likeness (QED) is 0.168. The molecule has 3 aliphatic rings. The van der Waals surface area contributed by atoms with Crippen molar-refractivity contribution in [1.29, 1.82) is 0 Å². The highest BCUT2D eigenvalue weighted by Crippen LogP contribution is 2.49. The summed E-state index contributed by atoms with van der Waals surface area (Å²) < 4.78 is 13.0. The van der Waals surface area contributed by atoms with Gasteiger partial charge in [-0.3, -0.25) is 19.2 Å². The summed E-state index contributed by atoms with van der Waals surface area (Å²) in [5, 5.41) is 0. The van der Waals surface area contributed by atoms with Crippen molar-refractivity contribution in [2.24, 2.45) is 0 Å². The standard InChI is InChI=1S/C46H46N2O6/c1-44(2,3)36-28-30(10-20-38(36)53-34-16-12-32(13-17-34)47-40(49)22-23-41(47)50)46(26-8-7-9-27-46)31-11-21-39(37(29-31)45(4,5)6)54-35-18-14-33(15-19-35)48-42(51)24-25-43(48)52/h10-25,28-29H,7-9,26-27H2,1-6H3. The van der Waals surface area contributed by atoms with Crippen LogP contribution in [0.5, 0.6) is 23.0 Å². The lowest BCUT2D eigenvalue weighted by atomic mass is 9.64. The van der Waals surface area contributed by atoms with E-state index in [2.05, 4.69) is 77.9 Å². The summed E-state index contributed by atoms with van der Waals surface area (Å²) in [6, 6.07) is 27.3. The Kier molecular flexibility index (Phi) is 9.42. The van der Waals surface area contributed by atoms with Crippen LogP contribution in [0.1, 0.15) is 95.9 Å². The Morgan fingerprint density at radius 1 is 0.481 bits per heavy atom. The lowest BCUT2D eigenvalue weighted by Gasteiger charge is -2.40. The van der Waals surface area contributed by atoms with E-state index < -0.39 is 0 Å². The molecular weight excluding hydrogens is 677 g/mol. The molecule has 1 aliphatic carbocycles. The number of hydrogen-bond donors (Lipinski definition) is 0. The zero-order valence-electron chi connectivity index (χ0n) is 31.8. The van der Waals surface area contributed by atoms with Crippen LogP contribution in [0.2, 0.25) is 0 Å². The summed E-state index contributed by atoms with van der Waals surface area (Å²) in [5.74, 6) is 1.35. The number of carbonyl (C=O) groups is 4. The first kappa shape index (κ1) is 36.6. The second-order valence-electron chi connectivity index (χ2n) is 16.4. The zero-order valence-corrected chi connectivity index (χ0v) is 31.8. The fourth-order valence-electron chi connectivity index (χ4n) is 7.79. The predicted octanol–water partition coefficient (Wildman–Crippen LogP) is 9.98. The normalized spacial score (nSPS) is 17.1. The van der Waals surface area contributed by atoms with E-state index in [-0.39, 0.29) is 39.9 Å². The molecule has 0 N–H and O–H groups in total. The van der Waals surface area contributed by atoms with E-state index in [0.717, 1.165) is 58.1 Å². The van der Waals surface area contributed by atoms with E-state index in [0.29, 0.717) is 22.9 Å². The molecular formula is C46H46N2O6. The van der Waals surface area contributed by atoms with Crippen molar-refractivity contribution in [3.8, 4) is 23.0 Å². The van der Waals surface area contributed by atoms with Gasteiger partial charge in [0.1, 0.15) is 23.0 Å². The number of carbonyl (C=O) groups excluding carboxylic acids is 4. The third-order valence-electron chi connectivity index (χ3n) is 10.7. The van der Waals surface area contributed by atoms with E-state index in [1.807, 2.05) is 0 Å². The van der Waals surface area contributed by atoms with Crippen LogP contribution in [0.3, 0.4) is 0 Å². The van der Waals surface area contributed by atoms with Gasteiger partial charge in [-0.2, -0.15) is 0 Å². The van der Waals surface area contributed by atoms with Gasteiger partial charge in [-0.1, -0.05) is 85.1 Å². The van der Waals surface area contributed by atoms with Gasteiger partial charge in [0.2, 0.25) is 0 Å². The lowest BCUT2D eigenvalue weighted by Crippen LogP contribution is -2.31. The Morgan fingerprint density at radius 2 is 0.833 bits per heavy atom. The van der Waals surface area contributed by atoms with Gasteiger partial charge in [0.25, 0.3) is 23.6 Å². The second-order valence-corrected chi connectivity index (χ2v) is 16.4. The van der Waals surface area contributed by atoms with E-state index >= 15 is 0 Å². The molecule has 0 bridgehead atoms. The van der Waals surface area contributed by atoms with Gasteiger partial charge in [0, 0.05) is 40.8 Å². The van der Waals surface area contributed by atoms with Crippen molar-refractivity contribution in [2.45, 2.75) is 89.9 Å². The first-order valence-electron chi connectivity index (χ1n) is 18.6. The number of anilines is 2. The van der Waals surface area contributed by atoms with Crippen molar-refractivity contribution in [3.63, 3.8) is 0 Å². The maximum absolute atomic E-state index is 12.2. The highest BCUT2D eigenvalue weighted by Gasteiger charge is 2.38. The van der Waals surface area contributed by atoms with Crippen LogP contribution in [0.4, 0.5) is 11.4 Å². The fraction of sp³-hybridized carbons (Fsp3) is 0.304. The number of amides is 4. The number of hydrogen-bond acceptors (Lipinski definition) is 6. The lowest BCUT2D eigenvalue weighted by molar-refractivity contribution is -0.121. The number of ether oxygens (including phenoxy) is 2. The average molecular weight is 723 g/mol. The van der Waals surface area contributed by atoms with Gasteiger partial charge in [-0.25, -0.2) is 9.80 Å². The van der Waals surface area contributed by atoms with Crippen molar-refractivity contribution in [1.82, 2.24) is 0 Å². The van der Waals surface area contributed by atoms with Gasteiger partial charge < -0.3 is 9.47 Å². The minimum Gasteiger partial charge on any atom is -0.457 e. The van der Waals surface area contributed by atoms with E-state index in [1.54, 1.807) is 48.5 Å². The molecule has 1 saturated carbocycles. The molecule has 4 aromatic carbocycles. The molecule has 2 heterocycles. The van der Waals surface area contributed by atoms with Crippen LogP contribution in [0.15, 0.2) is 109 Å². The smallest absolute Gasteiger partial charge is 0.258 e. The molecule has 54 heavy (non-hydrogen) atoms. The van der Waals surface area contributed by atoms with Crippen LogP contribution in [0, 0.1) is 0 Å². The molecule has 1 fully saturated rings. The van der Waals surface area contributed by atoms with Crippen LogP contribution in [-0.4, -0.2) is 23.6 Å². The summed E-state index contributed by atoms with van der Waals surface area (Å²) in [4.78, 5) is 51.1. The van der Waals surface area contributed by atoms with E-state index in [1.165, 1.54) is 41.9 Å². The molecule has 0 aromatic heterocycles. The summed E-state index contributed by atoms with van der Waals surface area (Å²) >= 11 is 0. The predicted molar refractivity (Wildman–Crippen MR) is 210 cm³/mol. The molecule has 8 heteroatoms. The first-order chi connectivity index (χ1) is 25.6. The largest absolute Gasteiger partial charge is 0.457 e. The van der Waals surface area contributed by atoms with Crippen molar-refractivity contribution in [2.75, 3.05) is 9.80 Å². The summed E-state index contributed by atoms with van der Waals surface area (Å²) in [6.07, 6.45) is 10.6. The molecule has 7 rings (SSSR count). The SMILES string of the molecule is CC(C)(C)c1cc(C2(c3ccc(Oc4ccc(N5C(=O)C=CC5=O)cc4)c(C(C)(C)C)c3)CCCCC2)ccc1Oc1ccc(N2C(=O)C=CC2=O)cc1. The third kappa shape index (κ3) is 7.00. The first-order valence-corrected chi connectivity index (χ1v) is 18.6. The van der Waals surface area contributed by atoms with Crippen molar-refractivity contribution >= 4 is 35.0 Å². The highest BCUT2D eigenvalue weighted by atomic mass is 16.5. The summed E-state index contributed by atoms with van der Waals surface area (Å²) in [6.45, 7) is 13.2. The molecule has 0 atom stereocenters. The topological polar surface area (TPSA) is 93.2 Å². The molecule has 8 nitrogen and oxygen atoms in total. The van der Waals surface area contributed by atoms with Gasteiger partial charge in [-0.15, -0.1) is 0 Å². The fourth-order valence-corrected chi connectivity index (χ4v) is 7.79. The Labute approximate surface area is 317 Å². The third-order valence-corrected chi connectivity index (χ3v) is 10.7. The summed E-state index contributed by atoms with van der Waals surface area (Å²) in [5.41, 5.74) is 5.06. The molecule has 0 saturated heterocycles. The van der Waals surface area contributed by atoms with E-state index in [4.69, 9.17) is 9.47 Å². The minimum atomic E-state index is -0.354. The van der Waals surface area contributed by atoms with E-state index in [9.17, 15) is 19.2 Å². The summed E-state index contributed by atoms with van der Waals surface area (Å²) in [7, 11) is 0. The molecule has 0 radical (unpaired) electrons. The Balaban J connectivity index is 1.21. The van der Waals surface area contributed by atoms with Crippen LogP contribution in [-0.2, 0) is 35.4 Å². The van der Waals surface area contributed by atoms with Crippen LogP contribution in [0.25, 0.3) is 0 Å². The molecule has 4 amide bonds. The number of imide groups is 2. The van der Waals surface area contributed by atoms with Gasteiger partial charge in [0.05, 0.1) is 11.4 Å². The minimum absolute atomic E-state index is 0.204. The molecule has 4 aromatic rings. The molecule has 2 aliphatic heterocycles. The number of nitrogens with zero attached hydrogens (tertiary/aromatic N) is 2. The average Bonchev–Trinajstić information content (AvgIpc) is 3.66. The number of rotatable bonds is 8. The maximum atomic E-state index is 12.2. The molecule has 0 unspecified atom stereocenters. The van der Waals surface area contributed by atoms with Crippen molar-refractivity contribution < 1.29 is 28.7 Å². The Hall–Kier alpha value is -5.76. The second kappa shape index (κ2) is 13.9. The number of benzene rings is 4.